The van der Waals surface area contributed by atoms with Gasteiger partial charge in [-0.25, -0.2) is 4.68 Å². The molecule has 0 atom stereocenters. The van der Waals surface area contributed by atoms with Crippen LogP contribution >= 0.6 is 0 Å². The normalized spacial score (nSPS) is 12.8. The lowest BCUT2D eigenvalue weighted by atomic mass is 10.2. The summed E-state index contributed by atoms with van der Waals surface area (Å²) in [6.45, 7) is 7.14. The predicted octanol–water partition coefficient (Wildman–Crippen LogP) is 4.77. The maximum atomic E-state index is 4.40. The van der Waals surface area contributed by atoms with E-state index in [0.717, 1.165) is 17.1 Å². The summed E-state index contributed by atoms with van der Waals surface area (Å²) in [5.74, 6) is 0. The number of hydrogen-bond acceptors (Lipinski definition) is 2. The number of fused-ring (bicyclic) bond motifs is 1. The number of para-hydroxylation sites is 1. The zero-order valence-electron chi connectivity index (χ0n) is 13.3. The molecule has 2 aromatic carbocycles. The van der Waals surface area contributed by atoms with E-state index in [1.54, 1.807) is 0 Å². The van der Waals surface area contributed by atoms with Crippen LogP contribution in [0.4, 0.5) is 0 Å². The molecule has 22 heavy (non-hydrogen) atoms. The van der Waals surface area contributed by atoms with Crippen LogP contribution in [0, 0.1) is 0 Å². The van der Waals surface area contributed by atoms with Gasteiger partial charge in [-0.2, -0.15) is 0 Å². The Balaban J connectivity index is 2.11. The molecule has 0 fully saturated rings. The number of hydrogen-bond donors (Lipinski definition) is 0. The quantitative estimate of drug-likeness (QED) is 0.650. The Kier molecular flexibility index (Phi) is 3.94. The highest BCUT2D eigenvalue weighted by Crippen LogP contribution is 2.25. The maximum absolute atomic E-state index is 4.40. The number of benzene rings is 2. The summed E-state index contributed by atoms with van der Waals surface area (Å²) in [6.07, 6.45) is 2.24. The minimum Gasteiger partial charge on any atom is -0.217 e. The Morgan fingerprint density at radius 2 is 1.68 bits per heavy atom. The third-order valence-corrected chi connectivity index (χ3v) is 4.89. The Labute approximate surface area is 132 Å². The lowest BCUT2D eigenvalue weighted by Crippen LogP contribution is -2.21. The van der Waals surface area contributed by atoms with Gasteiger partial charge in [-0.15, -0.1) is 5.10 Å². The number of nitrogens with zero attached hydrogens (tertiary/aromatic N) is 3. The van der Waals surface area contributed by atoms with Gasteiger partial charge in [0.1, 0.15) is 5.52 Å². The highest BCUT2D eigenvalue weighted by molar-refractivity contribution is 6.77. The molecule has 3 rings (SSSR count). The first-order valence-electron chi connectivity index (χ1n) is 7.59. The Bertz CT molecular complexity index is 798. The largest absolute Gasteiger partial charge is 0.217 e. The molecule has 0 saturated heterocycles. The molecule has 0 saturated carbocycles. The third-order valence-electron chi connectivity index (χ3n) is 3.47. The summed E-state index contributed by atoms with van der Waals surface area (Å²) in [5.41, 5.74) is 4.44. The van der Waals surface area contributed by atoms with Crippen LogP contribution in [0.3, 0.4) is 0 Å². The predicted molar refractivity (Wildman–Crippen MR) is 96.3 cm³/mol. The van der Waals surface area contributed by atoms with Gasteiger partial charge in [-0.1, -0.05) is 67.3 Å². The van der Waals surface area contributed by atoms with Crippen molar-refractivity contribution in [3.05, 3.63) is 60.2 Å². The van der Waals surface area contributed by atoms with E-state index in [0.29, 0.717) is 0 Å². The summed E-state index contributed by atoms with van der Waals surface area (Å²) in [5, 5.41) is 8.70. The van der Waals surface area contributed by atoms with Crippen molar-refractivity contribution < 1.29 is 0 Å². The molecule has 0 amide bonds. The second kappa shape index (κ2) is 5.89. The van der Waals surface area contributed by atoms with Gasteiger partial charge in [-0.3, -0.25) is 0 Å². The topological polar surface area (TPSA) is 30.7 Å². The van der Waals surface area contributed by atoms with Gasteiger partial charge in [0, 0.05) is 5.70 Å². The molecular weight excluding hydrogens is 286 g/mol. The van der Waals surface area contributed by atoms with Gasteiger partial charge >= 0.3 is 0 Å². The van der Waals surface area contributed by atoms with Crippen LogP contribution < -0.4 is 0 Å². The first kappa shape index (κ1) is 14.7. The van der Waals surface area contributed by atoms with Crippen LogP contribution in [-0.4, -0.2) is 23.1 Å². The van der Waals surface area contributed by atoms with Crippen molar-refractivity contribution in [1.82, 2.24) is 15.0 Å². The van der Waals surface area contributed by atoms with E-state index in [-0.39, 0.29) is 0 Å². The average Bonchev–Trinajstić information content (AvgIpc) is 2.90. The number of rotatable bonds is 4. The van der Waals surface area contributed by atoms with Crippen LogP contribution in [0.25, 0.3) is 22.8 Å². The van der Waals surface area contributed by atoms with Gasteiger partial charge in [0.05, 0.1) is 13.6 Å². The Morgan fingerprint density at radius 1 is 1.00 bits per heavy atom. The van der Waals surface area contributed by atoms with Crippen LogP contribution in [0.2, 0.25) is 25.7 Å². The molecule has 0 N–H and O–H groups in total. The summed E-state index contributed by atoms with van der Waals surface area (Å²) < 4.78 is 2.00. The number of aromatic nitrogens is 3. The van der Waals surface area contributed by atoms with E-state index in [4.69, 9.17) is 0 Å². The summed E-state index contributed by atoms with van der Waals surface area (Å²) in [7, 11) is -1.27. The monoisotopic (exact) mass is 307 g/mol. The van der Waals surface area contributed by atoms with Gasteiger partial charge in [-0.05, 0) is 29.8 Å². The van der Waals surface area contributed by atoms with Crippen LogP contribution in [0.5, 0.6) is 0 Å². The highest BCUT2D eigenvalue weighted by Gasteiger charge is 2.19. The van der Waals surface area contributed by atoms with Crippen molar-refractivity contribution >= 4 is 30.9 Å². The first-order valence-corrected chi connectivity index (χ1v) is 11.3. The Hall–Kier alpha value is -2.20. The zero-order valence-corrected chi connectivity index (χ0v) is 14.3. The minimum absolute atomic E-state index is 0.942. The highest BCUT2D eigenvalue weighted by atomic mass is 28.3. The van der Waals surface area contributed by atoms with Crippen LogP contribution in [0.1, 0.15) is 5.56 Å². The van der Waals surface area contributed by atoms with Crippen LogP contribution in [-0.2, 0) is 0 Å². The first-order chi connectivity index (χ1) is 10.5. The van der Waals surface area contributed by atoms with E-state index in [2.05, 4.69) is 66.4 Å². The van der Waals surface area contributed by atoms with E-state index in [1.165, 1.54) is 11.3 Å². The van der Waals surface area contributed by atoms with Crippen molar-refractivity contribution in [2.45, 2.75) is 25.7 Å². The van der Waals surface area contributed by atoms with Gasteiger partial charge in [0.25, 0.3) is 0 Å². The molecule has 112 valence electrons. The second-order valence-electron chi connectivity index (χ2n) is 6.77. The molecule has 0 spiro atoms. The van der Waals surface area contributed by atoms with E-state index in [9.17, 15) is 0 Å². The van der Waals surface area contributed by atoms with Crippen molar-refractivity contribution in [2.24, 2.45) is 0 Å². The second-order valence-corrected chi connectivity index (χ2v) is 12.2. The molecule has 0 radical (unpaired) electrons. The zero-order chi connectivity index (χ0) is 15.6. The standard InChI is InChI=1S/C18H21N3Si/c1-22(2,3)14-16(13-15-9-5-4-6-10-15)21-18-12-8-7-11-17(18)19-20-21/h4-13H,14H2,1-3H3/b16-13+. The molecule has 0 aliphatic carbocycles. The summed E-state index contributed by atoms with van der Waals surface area (Å²) >= 11 is 0. The molecule has 3 aromatic rings. The van der Waals surface area contributed by atoms with Crippen LogP contribution in [0.15, 0.2) is 54.6 Å². The fraction of sp³-hybridized carbons (Fsp3) is 0.222. The van der Waals surface area contributed by atoms with Gasteiger partial charge in [0.2, 0.25) is 0 Å². The SMILES string of the molecule is C[Si](C)(C)C/C(=C\c1ccccc1)n1nnc2ccccc21. The third kappa shape index (κ3) is 3.34. The van der Waals surface area contributed by atoms with E-state index in [1.807, 2.05) is 28.9 Å². The molecule has 1 aromatic heterocycles. The molecule has 1 heterocycles. The lowest BCUT2D eigenvalue weighted by Gasteiger charge is -2.18. The fourth-order valence-corrected chi connectivity index (χ4v) is 3.89. The molecule has 0 aliphatic rings. The minimum atomic E-state index is -1.27. The van der Waals surface area contributed by atoms with Gasteiger partial charge < -0.3 is 0 Å². The van der Waals surface area contributed by atoms with Crippen molar-refractivity contribution in [2.75, 3.05) is 0 Å². The Morgan fingerprint density at radius 3 is 2.41 bits per heavy atom. The molecule has 0 aliphatic heterocycles. The molecule has 0 unspecified atom stereocenters. The van der Waals surface area contributed by atoms with E-state index < -0.39 is 8.07 Å². The fourth-order valence-electron chi connectivity index (χ4n) is 2.55. The summed E-state index contributed by atoms with van der Waals surface area (Å²) in [6, 6.07) is 19.6. The molecule has 0 bridgehead atoms. The molecular formula is C18H21N3Si. The van der Waals surface area contributed by atoms with Crippen molar-refractivity contribution in [3.8, 4) is 0 Å². The molecule has 4 heteroatoms. The summed E-state index contributed by atoms with van der Waals surface area (Å²) in [4.78, 5) is 0. The molecule has 3 nitrogen and oxygen atoms in total. The average molecular weight is 307 g/mol. The van der Waals surface area contributed by atoms with Crippen molar-refractivity contribution in [1.29, 1.82) is 0 Å². The van der Waals surface area contributed by atoms with Gasteiger partial charge in [0.15, 0.2) is 0 Å². The maximum Gasteiger partial charge on any atom is 0.113 e. The lowest BCUT2D eigenvalue weighted by molar-refractivity contribution is 0.836. The smallest absolute Gasteiger partial charge is 0.113 e. The number of allylic oxidation sites excluding steroid dienone is 1. The van der Waals surface area contributed by atoms with E-state index >= 15 is 0 Å². The van der Waals surface area contributed by atoms with Crippen molar-refractivity contribution in [3.63, 3.8) is 0 Å².